The molecule has 5 heteroatoms. The van der Waals surface area contributed by atoms with E-state index in [1.165, 1.54) is 22.1 Å². The third kappa shape index (κ3) is 2.35. The first-order valence-corrected chi connectivity index (χ1v) is 9.73. The zero-order valence-corrected chi connectivity index (χ0v) is 16.2. The fraction of sp³-hybridized carbons (Fsp3) is 0.348. The summed E-state index contributed by atoms with van der Waals surface area (Å²) in [5.74, 6) is 1.88. The number of methoxy groups -OCH3 is 2. The molecule has 1 aliphatic carbocycles. The number of aromatic amines is 1. The van der Waals surface area contributed by atoms with E-state index in [9.17, 15) is 4.79 Å². The number of rotatable bonds is 5. The molecule has 5 rings (SSSR count). The number of carbonyl (C=O) groups excluding carboxylic acids is 1. The van der Waals surface area contributed by atoms with E-state index in [0.717, 1.165) is 49.2 Å². The first-order valence-electron chi connectivity index (χ1n) is 9.73. The predicted octanol–water partition coefficient (Wildman–Crippen LogP) is 3.66. The molecule has 5 nitrogen and oxygen atoms in total. The number of para-hydroxylation sites is 1. The average molecular weight is 376 g/mol. The average Bonchev–Trinajstić information content (AvgIpc) is 3.28. The van der Waals surface area contributed by atoms with Crippen LogP contribution in [0.15, 0.2) is 42.6 Å². The van der Waals surface area contributed by atoms with Crippen LogP contribution in [0.1, 0.15) is 23.1 Å². The Morgan fingerprint density at radius 3 is 2.79 bits per heavy atom. The van der Waals surface area contributed by atoms with E-state index in [0.29, 0.717) is 5.92 Å². The molecule has 2 aliphatic rings. The quantitative estimate of drug-likeness (QED) is 0.692. The molecule has 144 valence electrons. The Morgan fingerprint density at radius 1 is 1.21 bits per heavy atom. The molecule has 2 atom stereocenters. The van der Waals surface area contributed by atoms with Gasteiger partial charge in [0.25, 0.3) is 0 Å². The zero-order chi connectivity index (χ0) is 19.3. The van der Waals surface area contributed by atoms with Crippen molar-refractivity contribution in [2.45, 2.75) is 24.8 Å². The van der Waals surface area contributed by atoms with Gasteiger partial charge in [0.05, 0.1) is 19.8 Å². The largest absolute Gasteiger partial charge is 0.493 e. The molecule has 1 spiro atoms. The monoisotopic (exact) mass is 376 g/mol. The van der Waals surface area contributed by atoms with E-state index in [4.69, 9.17) is 9.47 Å². The topological polar surface area (TPSA) is 54.6 Å². The minimum atomic E-state index is -0.229. The molecule has 2 heterocycles. The van der Waals surface area contributed by atoms with Crippen LogP contribution in [0.25, 0.3) is 10.9 Å². The van der Waals surface area contributed by atoms with Crippen LogP contribution in [0.4, 0.5) is 0 Å². The number of fused-ring (bicyclic) bond motifs is 3. The van der Waals surface area contributed by atoms with Gasteiger partial charge in [0, 0.05) is 23.6 Å². The number of nitrogens with zero attached hydrogens (tertiary/aromatic N) is 1. The third-order valence-corrected chi connectivity index (χ3v) is 6.55. The van der Waals surface area contributed by atoms with Gasteiger partial charge in [0.15, 0.2) is 11.5 Å². The Balaban J connectivity index is 1.55. The molecule has 2 aromatic carbocycles. The molecule has 28 heavy (non-hydrogen) atoms. The van der Waals surface area contributed by atoms with Crippen molar-refractivity contribution >= 4 is 17.3 Å². The summed E-state index contributed by atoms with van der Waals surface area (Å²) in [4.78, 5) is 17.3. The second-order valence-corrected chi connectivity index (χ2v) is 7.80. The van der Waals surface area contributed by atoms with Gasteiger partial charge in [-0.3, -0.25) is 4.79 Å². The lowest BCUT2D eigenvalue weighted by molar-refractivity contribution is -0.122. The molecule has 1 unspecified atom stereocenters. The van der Waals surface area contributed by atoms with Crippen molar-refractivity contribution in [2.24, 2.45) is 5.92 Å². The summed E-state index contributed by atoms with van der Waals surface area (Å²) in [5.41, 5.74) is 4.73. The highest BCUT2D eigenvalue weighted by atomic mass is 16.5. The van der Waals surface area contributed by atoms with E-state index in [-0.39, 0.29) is 5.54 Å². The lowest BCUT2D eigenvalue weighted by atomic mass is 9.87. The second kappa shape index (κ2) is 6.30. The fourth-order valence-electron chi connectivity index (χ4n) is 5.08. The van der Waals surface area contributed by atoms with Crippen LogP contribution in [0, 0.1) is 5.92 Å². The van der Waals surface area contributed by atoms with E-state index < -0.39 is 0 Å². The van der Waals surface area contributed by atoms with Crippen molar-refractivity contribution in [3.8, 4) is 11.5 Å². The minimum absolute atomic E-state index is 0.229. The normalized spacial score (nSPS) is 22.9. The Labute approximate surface area is 164 Å². The molecule has 3 aromatic rings. The zero-order valence-electron chi connectivity index (χ0n) is 16.2. The highest BCUT2D eigenvalue weighted by Gasteiger charge is 2.61. The van der Waals surface area contributed by atoms with E-state index in [1.807, 2.05) is 11.0 Å². The summed E-state index contributed by atoms with van der Waals surface area (Å²) in [7, 11) is 3.32. The molecule has 1 fully saturated rings. The van der Waals surface area contributed by atoms with Crippen LogP contribution >= 0.6 is 0 Å². The van der Waals surface area contributed by atoms with Crippen LogP contribution < -0.4 is 9.47 Å². The smallest absolute Gasteiger partial charge is 0.210 e. The van der Waals surface area contributed by atoms with Gasteiger partial charge >= 0.3 is 0 Å². The maximum atomic E-state index is 11.9. The van der Waals surface area contributed by atoms with Crippen molar-refractivity contribution in [3.05, 3.63) is 59.3 Å². The fourth-order valence-corrected chi connectivity index (χ4v) is 5.08. The Hall–Kier alpha value is -2.95. The van der Waals surface area contributed by atoms with Gasteiger partial charge in [-0.15, -0.1) is 0 Å². The van der Waals surface area contributed by atoms with Crippen LogP contribution in [0.5, 0.6) is 11.5 Å². The number of hydrogen-bond donors (Lipinski definition) is 1. The summed E-state index contributed by atoms with van der Waals surface area (Å²) in [5, 5.41) is 1.27. The van der Waals surface area contributed by atoms with Crippen LogP contribution in [-0.2, 0) is 23.2 Å². The molecule has 1 aromatic heterocycles. The summed E-state index contributed by atoms with van der Waals surface area (Å²) < 4.78 is 11.0. The molecular formula is C23H24N2O3. The highest BCUT2D eigenvalue weighted by molar-refractivity contribution is 5.83. The first-order chi connectivity index (χ1) is 13.7. The molecule has 1 amide bonds. The minimum Gasteiger partial charge on any atom is -0.493 e. The molecule has 1 aliphatic heterocycles. The van der Waals surface area contributed by atoms with Crippen molar-refractivity contribution in [3.63, 3.8) is 0 Å². The number of carbonyl (C=O) groups is 1. The maximum absolute atomic E-state index is 11.9. The van der Waals surface area contributed by atoms with Crippen LogP contribution in [0.3, 0.4) is 0 Å². The van der Waals surface area contributed by atoms with Crippen molar-refractivity contribution in [2.75, 3.05) is 20.8 Å². The number of aromatic nitrogens is 1. The Morgan fingerprint density at radius 2 is 2.00 bits per heavy atom. The van der Waals surface area contributed by atoms with Gasteiger partial charge < -0.3 is 19.4 Å². The Bertz CT molecular complexity index is 1060. The van der Waals surface area contributed by atoms with Gasteiger partial charge in [-0.25, -0.2) is 0 Å². The lowest BCUT2D eigenvalue weighted by Crippen LogP contribution is -2.42. The number of H-pyrrole nitrogens is 1. The number of benzene rings is 2. The van der Waals surface area contributed by atoms with Crippen LogP contribution in [-0.4, -0.2) is 37.1 Å². The number of ether oxygens (including phenoxy) is 2. The number of nitrogens with one attached hydrogen (secondary N) is 1. The van der Waals surface area contributed by atoms with Gasteiger partial charge in [-0.2, -0.15) is 0 Å². The van der Waals surface area contributed by atoms with Crippen molar-refractivity contribution in [1.82, 2.24) is 9.88 Å². The van der Waals surface area contributed by atoms with Crippen molar-refractivity contribution < 1.29 is 14.3 Å². The summed E-state index contributed by atoms with van der Waals surface area (Å²) in [6.07, 6.45) is 5.90. The molecule has 1 saturated carbocycles. The SMILES string of the molecule is COc1cc2c(cc1OC)C1(C[C@@H]1Cc1c[nH]c3ccccc13)N(C=O)CC2. The maximum Gasteiger partial charge on any atom is 0.210 e. The number of hydrogen-bond acceptors (Lipinski definition) is 3. The summed E-state index contributed by atoms with van der Waals surface area (Å²) >= 11 is 0. The number of amides is 1. The molecular weight excluding hydrogens is 352 g/mol. The van der Waals surface area contributed by atoms with Gasteiger partial charge in [0.2, 0.25) is 6.41 Å². The van der Waals surface area contributed by atoms with Crippen LogP contribution in [0.2, 0.25) is 0 Å². The molecule has 1 N–H and O–H groups in total. The molecule has 0 bridgehead atoms. The van der Waals surface area contributed by atoms with Gasteiger partial charge in [0.1, 0.15) is 0 Å². The van der Waals surface area contributed by atoms with Gasteiger partial charge in [-0.05, 0) is 60.1 Å². The third-order valence-electron chi connectivity index (χ3n) is 6.55. The standard InChI is InChI=1S/C23H24N2O3/c1-27-21-10-15-7-8-25(14-26)23(19(15)11-22(21)28-2)12-17(23)9-16-13-24-20-6-4-3-5-18(16)20/h3-6,10-11,13-14,17,24H,7-9,12H2,1-2H3/t17-,23?/m0/s1. The highest BCUT2D eigenvalue weighted by Crippen LogP contribution is 2.61. The summed E-state index contributed by atoms with van der Waals surface area (Å²) in [6, 6.07) is 12.6. The first kappa shape index (κ1) is 17.2. The van der Waals surface area contributed by atoms with E-state index in [2.05, 4.69) is 41.5 Å². The van der Waals surface area contributed by atoms with E-state index >= 15 is 0 Å². The molecule has 0 saturated heterocycles. The lowest BCUT2D eigenvalue weighted by Gasteiger charge is -2.37. The second-order valence-electron chi connectivity index (χ2n) is 7.80. The Kier molecular flexibility index (Phi) is 3.86. The van der Waals surface area contributed by atoms with Gasteiger partial charge in [-0.1, -0.05) is 18.2 Å². The van der Waals surface area contributed by atoms with Crippen molar-refractivity contribution in [1.29, 1.82) is 0 Å². The van der Waals surface area contributed by atoms with E-state index in [1.54, 1.807) is 14.2 Å². The predicted molar refractivity (Wildman–Crippen MR) is 108 cm³/mol. The summed E-state index contributed by atoms with van der Waals surface area (Å²) in [6.45, 7) is 0.746. The molecule has 0 radical (unpaired) electrons.